The zero-order valence-corrected chi connectivity index (χ0v) is 41.9. The molecule has 325 valence electrons. The van der Waals surface area contributed by atoms with Crippen LogP contribution in [0.4, 0.5) is 0 Å². The molecule has 0 fully saturated rings. The molecule has 2 nitrogen and oxygen atoms in total. The molecule has 0 aliphatic carbocycles. The topological polar surface area (TPSA) is 29.5 Å². The van der Waals surface area contributed by atoms with E-state index in [-0.39, 0.29) is 0 Å². The molecule has 1 N–H and O–H groups in total. The van der Waals surface area contributed by atoms with Crippen LogP contribution in [0.5, 0.6) is 5.75 Å². The standard InChI is InChI=1S/C36H22S2.C12H8BO2S.C12H8Br2/c1-3-13-25(29-17-9-19-31-27-15-5-7-21-33(27)37-35(29)31)23(11-1)24-12-2-4-14-26(24)30-18-10-20-32-28-16-6-8-22-34(28)38-36(30)32;14-13-15-10-6-3-5-9-8-4-1-2-7-11(8)16-12(9)10;13-11-7-3-1-5-9(11)10-6-2-4-8-12(10)14/h1-22H;1-7,14H;1-8H. The molecule has 0 aliphatic heterocycles. The average molecular weight is 1060 g/mol. The summed E-state index contributed by atoms with van der Waals surface area (Å²) in [6.45, 7) is 0. The van der Waals surface area contributed by atoms with Crippen molar-refractivity contribution in [3.05, 3.63) is 233 Å². The SMILES string of the molecule is Brc1ccccc1-c1ccccc1Br.O[B]Oc1cccc2c1sc1ccccc12.c1ccc(-c2cccc3c2sc2ccccc23)c(-c2ccccc2-c2cccc3c2sc2ccccc23)c1. The van der Waals surface area contributed by atoms with Gasteiger partial charge in [-0.2, -0.15) is 0 Å². The molecule has 0 saturated heterocycles. The fraction of sp³-hybridized carbons (Fsp3) is 0. The van der Waals surface area contributed by atoms with E-state index in [1.807, 2.05) is 71.2 Å². The second-order valence-electron chi connectivity index (χ2n) is 16.1. The van der Waals surface area contributed by atoms with Crippen LogP contribution in [-0.2, 0) is 0 Å². The van der Waals surface area contributed by atoms with E-state index in [1.165, 1.54) is 100 Å². The Morgan fingerprint density at radius 1 is 0.294 bits per heavy atom. The molecule has 0 amide bonds. The number of benzene rings is 10. The van der Waals surface area contributed by atoms with Gasteiger partial charge in [-0.1, -0.05) is 220 Å². The van der Waals surface area contributed by atoms with Gasteiger partial charge in [0.2, 0.25) is 0 Å². The van der Waals surface area contributed by atoms with E-state index in [0.29, 0.717) is 5.75 Å². The molecule has 1 radical (unpaired) electrons. The molecule has 13 rings (SSSR count). The minimum absolute atomic E-state index is 0.696. The first-order chi connectivity index (χ1) is 33.6. The molecule has 3 heterocycles. The Kier molecular flexibility index (Phi) is 12.8. The number of fused-ring (bicyclic) bond motifs is 9. The Hall–Kier alpha value is -6.36. The highest BCUT2D eigenvalue weighted by Gasteiger charge is 2.18. The number of hydrogen-bond acceptors (Lipinski definition) is 5. The van der Waals surface area contributed by atoms with Gasteiger partial charge in [0.25, 0.3) is 0 Å². The van der Waals surface area contributed by atoms with Gasteiger partial charge >= 0.3 is 7.69 Å². The van der Waals surface area contributed by atoms with E-state index >= 15 is 0 Å². The first-order valence-corrected chi connectivity index (χ1v) is 26.1. The van der Waals surface area contributed by atoms with E-state index in [4.69, 9.17) is 9.68 Å². The van der Waals surface area contributed by atoms with Crippen molar-refractivity contribution in [2.24, 2.45) is 0 Å². The van der Waals surface area contributed by atoms with Gasteiger partial charge in [0, 0.05) is 75.9 Å². The summed E-state index contributed by atoms with van der Waals surface area (Å²) in [5.74, 6) is 0.696. The van der Waals surface area contributed by atoms with Crippen LogP contribution in [0.25, 0.3) is 105 Å². The van der Waals surface area contributed by atoms with Crippen molar-refractivity contribution < 1.29 is 9.68 Å². The third kappa shape index (κ3) is 8.47. The van der Waals surface area contributed by atoms with E-state index in [2.05, 4.69) is 208 Å². The first-order valence-electron chi connectivity index (χ1n) is 22.1. The fourth-order valence-corrected chi connectivity index (χ4v) is 13.7. The maximum absolute atomic E-state index is 8.71. The molecule has 0 bridgehead atoms. The normalized spacial score (nSPS) is 11.2. The van der Waals surface area contributed by atoms with Gasteiger partial charge in [-0.05, 0) is 69.8 Å². The van der Waals surface area contributed by atoms with E-state index < -0.39 is 0 Å². The zero-order valence-electron chi connectivity index (χ0n) is 36.3. The summed E-state index contributed by atoms with van der Waals surface area (Å²) in [4.78, 5) is 0. The van der Waals surface area contributed by atoms with Gasteiger partial charge < -0.3 is 9.68 Å². The lowest BCUT2D eigenvalue weighted by Gasteiger charge is -2.16. The van der Waals surface area contributed by atoms with Crippen LogP contribution < -0.4 is 4.65 Å². The number of thiophene rings is 3. The zero-order chi connectivity index (χ0) is 46.0. The number of hydrogen-bond donors (Lipinski definition) is 1. The lowest BCUT2D eigenvalue weighted by atomic mass is 9.89. The Morgan fingerprint density at radius 3 is 1.00 bits per heavy atom. The maximum Gasteiger partial charge on any atom is 0.569 e. The highest BCUT2D eigenvalue weighted by atomic mass is 79.9. The highest BCUT2D eigenvalue weighted by Crippen LogP contribution is 2.47. The number of rotatable bonds is 6. The summed E-state index contributed by atoms with van der Waals surface area (Å²) < 4.78 is 15.0. The molecule has 8 heteroatoms. The lowest BCUT2D eigenvalue weighted by Crippen LogP contribution is -1.99. The summed E-state index contributed by atoms with van der Waals surface area (Å²) in [6, 6.07) is 79.3. The molecule has 3 aromatic heterocycles. The minimum atomic E-state index is 0.696. The van der Waals surface area contributed by atoms with Gasteiger partial charge in [-0.3, -0.25) is 0 Å². The molecule has 0 spiro atoms. The molecule has 13 aromatic rings. The third-order valence-electron chi connectivity index (χ3n) is 12.1. The smallest absolute Gasteiger partial charge is 0.536 e. The van der Waals surface area contributed by atoms with Gasteiger partial charge in [0.1, 0.15) is 5.75 Å². The maximum atomic E-state index is 8.71. The van der Waals surface area contributed by atoms with Crippen LogP contribution >= 0.6 is 65.9 Å². The summed E-state index contributed by atoms with van der Waals surface area (Å²) in [6.07, 6.45) is 0. The van der Waals surface area contributed by atoms with E-state index in [1.54, 1.807) is 11.3 Å². The Labute approximate surface area is 423 Å². The summed E-state index contributed by atoms with van der Waals surface area (Å²) in [5.41, 5.74) is 10.1. The van der Waals surface area contributed by atoms with Gasteiger partial charge in [-0.25, -0.2) is 0 Å². The predicted molar refractivity (Wildman–Crippen MR) is 304 cm³/mol. The molecule has 0 aliphatic rings. The van der Waals surface area contributed by atoms with Gasteiger partial charge in [0.05, 0.1) is 4.70 Å². The molecule has 0 atom stereocenters. The molecular formula is C60H38BBr2O2S3. The van der Waals surface area contributed by atoms with Gasteiger partial charge in [0.15, 0.2) is 0 Å². The molecule has 10 aromatic carbocycles. The predicted octanol–water partition coefficient (Wildman–Crippen LogP) is 19.3. The lowest BCUT2D eigenvalue weighted by molar-refractivity contribution is 0.457. The first kappa shape index (κ1) is 44.2. The fourth-order valence-electron chi connectivity index (χ4n) is 9.05. The van der Waals surface area contributed by atoms with Gasteiger partial charge in [-0.15, -0.1) is 34.0 Å². The van der Waals surface area contributed by atoms with Crippen LogP contribution in [0.2, 0.25) is 0 Å². The van der Waals surface area contributed by atoms with E-state index in [0.717, 1.165) is 21.3 Å². The summed E-state index contributed by atoms with van der Waals surface area (Å²) in [7, 11) is 0.721. The summed E-state index contributed by atoms with van der Waals surface area (Å²) >= 11 is 12.6. The largest absolute Gasteiger partial charge is 0.569 e. The Balaban J connectivity index is 0.000000138. The van der Waals surface area contributed by atoms with Crippen molar-refractivity contribution in [2.45, 2.75) is 0 Å². The molecule has 0 unspecified atom stereocenters. The van der Waals surface area contributed by atoms with Crippen LogP contribution in [0.1, 0.15) is 0 Å². The Morgan fingerprint density at radius 2 is 0.588 bits per heavy atom. The minimum Gasteiger partial charge on any atom is -0.536 e. The van der Waals surface area contributed by atoms with Crippen molar-refractivity contribution in [1.82, 2.24) is 0 Å². The third-order valence-corrected chi connectivity index (χ3v) is 17.1. The second-order valence-corrected chi connectivity index (χ2v) is 20.9. The second kappa shape index (κ2) is 19.7. The average Bonchev–Trinajstić information content (AvgIpc) is 4.10. The molecular weight excluding hydrogens is 1020 g/mol. The van der Waals surface area contributed by atoms with Crippen molar-refractivity contribution >= 4 is 134 Å². The van der Waals surface area contributed by atoms with Crippen LogP contribution in [0.3, 0.4) is 0 Å². The summed E-state index contributed by atoms with van der Waals surface area (Å²) in [5, 5.41) is 16.4. The number of halogens is 2. The van der Waals surface area contributed by atoms with Crippen molar-refractivity contribution in [1.29, 1.82) is 0 Å². The van der Waals surface area contributed by atoms with Crippen LogP contribution in [-0.4, -0.2) is 12.7 Å². The molecule has 68 heavy (non-hydrogen) atoms. The van der Waals surface area contributed by atoms with Crippen molar-refractivity contribution in [3.63, 3.8) is 0 Å². The molecule has 0 saturated carbocycles. The van der Waals surface area contributed by atoms with Crippen LogP contribution in [0.15, 0.2) is 233 Å². The highest BCUT2D eigenvalue weighted by molar-refractivity contribution is 9.11. The monoisotopic (exact) mass is 1060 g/mol. The quantitative estimate of drug-likeness (QED) is 0.168. The van der Waals surface area contributed by atoms with E-state index in [9.17, 15) is 0 Å². The Bertz CT molecular complexity index is 3750. The van der Waals surface area contributed by atoms with Crippen LogP contribution in [0, 0.1) is 0 Å². The van der Waals surface area contributed by atoms with Crippen molar-refractivity contribution in [2.75, 3.05) is 0 Å². The van der Waals surface area contributed by atoms with Crippen molar-refractivity contribution in [3.8, 4) is 50.3 Å².